The number of benzene rings is 2. The van der Waals surface area contributed by atoms with Crippen molar-refractivity contribution < 1.29 is 23.8 Å². The number of ether oxygens (including phenoxy) is 3. The number of hydrogen-bond acceptors (Lipinski definition) is 6. The molecule has 1 aliphatic rings. The largest absolute Gasteiger partial charge is 0.466 e. The number of fused-ring (bicyclic) bond motifs is 1. The summed E-state index contributed by atoms with van der Waals surface area (Å²) < 4.78 is 15.9. The zero-order valence-electron chi connectivity index (χ0n) is 18.1. The minimum absolute atomic E-state index is 0.0414. The molecule has 0 spiro atoms. The van der Waals surface area contributed by atoms with Crippen LogP contribution in [0, 0.1) is 0 Å². The van der Waals surface area contributed by atoms with Crippen LogP contribution in [0.3, 0.4) is 0 Å². The number of nitrogens with zero attached hydrogens (tertiary/aromatic N) is 1. The molecule has 0 atom stereocenters. The standard InChI is InChI=1S/C24H27NO5S/c1-4-31-15-23(26)25(14-18-8-6-5-7-9-18)17(2)20(24(27)28-3)12-19-10-11-21-22(13-19)30-16-29-21/h5-11,13H,4,12,14-16H2,1-3H3/b20-17-. The average molecular weight is 442 g/mol. The molecule has 0 radical (unpaired) electrons. The smallest absolute Gasteiger partial charge is 0.335 e. The maximum atomic E-state index is 13.1. The summed E-state index contributed by atoms with van der Waals surface area (Å²) in [6, 6.07) is 15.3. The quantitative estimate of drug-likeness (QED) is 0.430. The van der Waals surface area contributed by atoms with E-state index in [4.69, 9.17) is 14.2 Å². The molecular formula is C24H27NO5S. The lowest BCUT2D eigenvalue weighted by atomic mass is 10.0. The molecule has 0 aliphatic carbocycles. The summed E-state index contributed by atoms with van der Waals surface area (Å²) in [4.78, 5) is 27.4. The van der Waals surface area contributed by atoms with E-state index >= 15 is 0 Å². The van der Waals surface area contributed by atoms with Gasteiger partial charge in [0.1, 0.15) is 0 Å². The van der Waals surface area contributed by atoms with Crippen LogP contribution in [0.4, 0.5) is 0 Å². The number of amides is 1. The second kappa shape index (κ2) is 10.9. The highest BCUT2D eigenvalue weighted by Crippen LogP contribution is 2.33. The lowest BCUT2D eigenvalue weighted by Crippen LogP contribution is -2.32. The van der Waals surface area contributed by atoms with Gasteiger partial charge in [0.2, 0.25) is 12.7 Å². The van der Waals surface area contributed by atoms with Crippen LogP contribution in [-0.2, 0) is 27.3 Å². The predicted octanol–water partition coefficient (Wildman–Crippen LogP) is 4.19. The lowest BCUT2D eigenvalue weighted by molar-refractivity contribution is -0.136. The van der Waals surface area contributed by atoms with Crippen molar-refractivity contribution in [1.29, 1.82) is 0 Å². The van der Waals surface area contributed by atoms with Gasteiger partial charge in [-0.3, -0.25) is 4.79 Å². The van der Waals surface area contributed by atoms with Gasteiger partial charge in [-0.15, -0.1) is 0 Å². The van der Waals surface area contributed by atoms with E-state index in [9.17, 15) is 9.59 Å². The van der Waals surface area contributed by atoms with E-state index in [1.807, 2.05) is 55.5 Å². The molecule has 6 nitrogen and oxygen atoms in total. The van der Waals surface area contributed by atoms with Crippen LogP contribution >= 0.6 is 11.8 Å². The molecule has 31 heavy (non-hydrogen) atoms. The van der Waals surface area contributed by atoms with Crippen LogP contribution in [0.25, 0.3) is 0 Å². The first kappa shape index (κ1) is 22.7. The molecule has 0 saturated carbocycles. The van der Waals surface area contributed by atoms with E-state index in [1.165, 1.54) is 7.11 Å². The zero-order valence-corrected chi connectivity index (χ0v) is 18.9. The van der Waals surface area contributed by atoms with Gasteiger partial charge >= 0.3 is 5.97 Å². The summed E-state index contributed by atoms with van der Waals surface area (Å²) in [5, 5.41) is 0. The third-order valence-electron chi connectivity index (χ3n) is 5.01. The number of carbonyl (C=O) groups excluding carboxylic acids is 2. The first-order valence-electron chi connectivity index (χ1n) is 10.1. The van der Waals surface area contributed by atoms with Crippen LogP contribution in [-0.4, -0.2) is 42.2 Å². The van der Waals surface area contributed by atoms with E-state index in [1.54, 1.807) is 23.6 Å². The van der Waals surface area contributed by atoms with Crippen molar-refractivity contribution in [3.05, 3.63) is 70.9 Å². The van der Waals surface area contributed by atoms with Crippen LogP contribution in [0.2, 0.25) is 0 Å². The van der Waals surface area contributed by atoms with Gasteiger partial charge in [-0.2, -0.15) is 11.8 Å². The van der Waals surface area contributed by atoms with Crippen molar-refractivity contribution in [2.75, 3.05) is 25.4 Å². The van der Waals surface area contributed by atoms with E-state index in [-0.39, 0.29) is 12.7 Å². The third-order valence-corrected chi connectivity index (χ3v) is 5.86. The highest BCUT2D eigenvalue weighted by molar-refractivity contribution is 7.99. The van der Waals surface area contributed by atoms with Crippen LogP contribution in [0.1, 0.15) is 25.0 Å². The Hall–Kier alpha value is -2.93. The van der Waals surface area contributed by atoms with Crippen molar-refractivity contribution in [2.45, 2.75) is 26.8 Å². The Bertz CT molecular complexity index is 958. The number of thioether (sulfide) groups is 1. The first-order valence-corrected chi connectivity index (χ1v) is 11.3. The second-order valence-corrected chi connectivity index (χ2v) is 8.30. The number of methoxy groups -OCH3 is 1. The first-order chi connectivity index (χ1) is 15.0. The summed E-state index contributed by atoms with van der Waals surface area (Å²) in [7, 11) is 1.35. The monoisotopic (exact) mass is 441 g/mol. The third kappa shape index (κ3) is 5.82. The molecule has 2 aromatic carbocycles. The molecule has 1 amide bonds. The second-order valence-electron chi connectivity index (χ2n) is 7.02. The minimum atomic E-state index is -0.454. The molecule has 164 valence electrons. The Morgan fingerprint density at radius 2 is 1.81 bits per heavy atom. The molecular weight excluding hydrogens is 414 g/mol. The Morgan fingerprint density at radius 1 is 1.06 bits per heavy atom. The van der Waals surface area contributed by atoms with Crippen molar-refractivity contribution in [2.24, 2.45) is 0 Å². The number of allylic oxidation sites excluding steroid dienone is 1. The molecule has 0 N–H and O–H groups in total. The Balaban J connectivity index is 1.95. The molecule has 3 rings (SSSR count). The SMILES string of the molecule is CCSCC(=O)N(Cc1ccccc1)/C(C)=C(/Cc1ccc2c(c1)OCO2)C(=O)OC. The Labute approximate surface area is 187 Å². The number of rotatable bonds is 9. The van der Waals surface area contributed by atoms with Crippen LogP contribution in [0.5, 0.6) is 11.5 Å². The van der Waals surface area contributed by atoms with Crippen molar-refractivity contribution in [3.63, 3.8) is 0 Å². The molecule has 1 aliphatic heterocycles. The van der Waals surface area contributed by atoms with Gasteiger partial charge in [0.25, 0.3) is 0 Å². The molecule has 0 aromatic heterocycles. The number of hydrogen-bond donors (Lipinski definition) is 0. The normalized spacial score (nSPS) is 12.9. The average Bonchev–Trinajstić information content (AvgIpc) is 3.27. The molecule has 2 aromatic rings. The van der Waals surface area contributed by atoms with Gasteiger partial charge in [-0.1, -0.05) is 43.3 Å². The molecule has 0 fully saturated rings. The fraction of sp³-hybridized carbons (Fsp3) is 0.333. The van der Waals surface area contributed by atoms with Gasteiger partial charge in [0.05, 0.1) is 25.0 Å². The van der Waals surface area contributed by atoms with E-state index in [2.05, 4.69) is 0 Å². The fourth-order valence-corrected chi connectivity index (χ4v) is 3.85. The van der Waals surface area contributed by atoms with Crippen LogP contribution in [0.15, 0.2) is 59.8 Å². The van der Waals surface area contributed by atoms with E-state index < -0.39 is 5.97 Å². The highest BCUT2D eigenvalue weighted by atomic mass is 32.2. The molecule has 1 heterocycles. The summed E-state index contributed by atoms with van der Waals surface area (Å²) in [5.41, 5.74) is 2.89. The summed E-state index contributed by atoms with van der Waals surface area (Å²) in [5.74, 6) is 2.02. The molecule has 7 heteroatoms. The Morgan fingerprint density at radius 3 is 2.52 bits per heavy atom. The van der Waals surface area contributed by atoms with Crippen LogP contribution < -0.4 is 9.47 Å². The van der Waals surface area contributed by atoms with Gasteiger partial charge in [-0.25, -0.2) is 4.79 Å². The maximum absolute atomic E-state index is 13.1. The van der Waals surface area contributed by atoms with E-state index in [0.29, 0.717) is 41.5 Å². The topological polar surface area (TPSA) is 65.1 Å². The summed E-state index contributed by atoms with van der Waals surface area (Å²) in [6.07, 6.45) is 0.314. The Kier molecular flexibility index (Phi) is 8.00. The predicted molar refractivity (Wildman–Crippen MR) is 121 cm³/mol. The zero-order chi connectivity index (χ0) is 22.2. The maximum Gasteiger partial charge on any atom is 0.335 e. The van der Waals surface area contributed by atoms with E-state index in [0.717, 1.165) is 16.9 Å². The van der Waals surface area contributed by atoms with Gasteiger partial charge < -0.3 is 19.1 Å². The summed E-state index contributed by atoms with van der Waals surface area (Å²) >= 11 is 1.56. The minimum Gasteiger partial charge on any atom is -0.466 e. The van der Waals surface area contributed by atoms with Crippen molar-refractivity contribution in [3.8, 4) is 11.5 Å². The fourth-order valence-electron chi connectivity index (χ4n) is 3.32. The highest BCUT2D eigenvalue weighted by Gasteiger charge is 2.24. The number of carbonyl (C=O) groups is 2. The molecule has 0 unspecified atom stereocenters. The lowest BCUT2D eigenvalue weighted by Gasteiger charge is -2.26. The molecule has 0 bridgehead atoms. The summed E-state index contributed by atoms with van der Waals surface area (Å²) in [6.45, 7) is 4.39. The van der Waals surface area contributed by atoms with Gasteiger partial charge in [0.15, 0.2) is 11.5 Å². The number of esters is 1. The molecule has 0 saturated heterocycles. The van der Waals surface area contributed by atoms with Crippen molar-refractivity contribution >= 4 is 23.6 Å². The van der Waals surface area contributed by atoms with Crippen molar-refractivity contribution in [1.82, 2.24) is 4.90 Å². The van der Waals surface area contributed by atoms with Gasteiger partial charge in [0, 0.05) is 12.1 Å². The van der Waals surface area contributed by atoms with Gasteiger partial charge in [-0.05, 0) is 35.9 Å².